The average molecular weight is 351 g/mol. The predicted molar refractivity (Wildman–Crippen MR) is 102 cm³/mol. The van der Waals surface area contributed by atoms with E-state index in [1.807, 2.05) is 54.8 Å². The van der Waals surface area contributed by atoms with Gasteiger partial charge in [0.25, 0.3) is 5.91 Å². The normalized spacial score (nSPS) is 16.4. The number of hydrogen-bond donors (Lipinski definition) is 1. The first-order chi connectivity index (χ1) is 11.4. The molecule has 1 aromatic carbocycles. The summed E-state index contributed by atoms with van der Waals surface area (Å²) in [6.07, 6.45) is 3.61. The minimum Gasteiger partial charge on any atom is -0.390 e. The van der Waals surface area contributed by atoms with Crippen molar-refractivity contribution < 1.29 is 9.90 Å². The van der Waals surface area contributed by atoms with E-state index in [9.17, 15) is 9.90 Å². The van der Waals surface area contributed by atoms with E-state index in [4.69, 9.17) is 0 Å². The molecule has 5 heteroatoms. The summed E-state index contributed by atoms with van der Waals surface area (Å²) in [7, 11) is 0. The number of rotatable bonds is 7. The highest BCUT2D eigenvalue weighted by Gasteiger charge is 2.22. The van der Waals surface area contributed by atoms with Crippen molar-refractivity contribution in [2.75, 3.05) is 44.7 Å². The van der Waals surface area contributed by atoms with Crippen LogP contribution in [0.15, 0.2) is 24.3 Å². The predicted octanol–water partition coefficient (Wildman–Crippen LogP) is 2.51. The van der Waals surface area contributed by atoms with Crippen LogP contribution in [0.2, 0.25) is 0 Å². The minimum atomic E-state index is -0.673. The summed E-state index contributed by atoms with van der Waals surface area (Å²) in [5, 5.41) is 9.87. The van der Waals surface area contributed by atoms with Crippen molar-refractivity contribution in [2.45, 2.75) is 32.3 Å². The maximum absolute atomic E-state index is 12.7. The van der Waals surface area contributed by atoms with Gasteiger partial charge < -0.3 is 10.0 Å². The maximum Gasteiger partial charge on any atom is 0.253 e. The fourth-order valence-electron chi connectivity index (χ4n) is 2.89. The van der Waals surface area contributed by atoms with Crippen molar-refractivity contribution in [3.05, 3.63) is 35.4 Å². The highest BCUT2D eigenvalue weighted by atomic mass is 32.2. The molecule has 2 rings (SSSR count). The van der Waals surface area contributed by atoms with E-state index < -0.39 is 5.60 Å². The second kappa shape index (κ2) is 8.88. The topological polar surface area (TPSA) is 43.8 Å². The molecule has 1 aliphatic rings. The molecular formula is C19H30N2O2S. The Balaban J connectivity index is 1.91. The molecule has 0 radical (unpaired) electrons. The van der Waals surface area contributed by atoms with Gasteiger partial charge >= 0.3 is 0 Å². The zero-order chi connectivity index (χ0) is 17.6. The molecule has 1 amide bonds. The van der Waals surface area contributed by atoms with Crippen LogP contribution in [0, 0.1) is 0 Å². The van der Waals surface area contributed by atoms with Gasteiger partial charge in [-0.05, 0) is 50.6 Å². The number of hydrogen-bond acceptors (Lipinski definition) is 4. The van der Waals surface area contributed by atoms with Gasteiger partial charge in [0.2, 0.25) is 0 Å². The molecule has 1 saturated heterocycles. The van der Waals surface area contributed by atoms with E-state index in [1.165, 1.54) is 0 Å². The second-order valence-corrected chi connectivity index (χ2v) is 8.13. The third kappa shape index (κ3) is 6.11. The van der Waals surface area contributed by atoms with Gasteiger partial charge in [-0.1, -0.05) is 12.1 Å². The van der Waals surface area contributed by atoms with Gasteiger partial charge in [-0.3, -0.25) is 9.69 Å². The van der Waals surface area contributed by atoms with Crippen molar-refractivity contribution in [3.63, 3.8) is 0 Å². The summed E-state index contributed by atoms with van der Waals surface area (Å²) in [5.74, 6) is 1.28. The third-order valence-corrected chi connectivity index (χ3v) is 5.06. The molecule has 1 heterocycles. The van der Waals surface area contributed by atoms with E-state index in [2.05, 4.69) is 11.2 Å². The number of thioether (sulfide) groups is 1. The molecule has 0 bridgehead atoms. The largest absolute Gasteiger partial charge is 0.390 e. The lowest BCUT2D eigenvalue weighted by atomic mass is 9.97. The molecule has 4 nitrogen and oxygen atoms in total. The molecule has 0 aromatic heterocycles. The van der Waals surface area contributed by atoms with Crippen molar-refractivity contribution in [1.82, 2.24) is 9.80 Å². The molecule has 0 unspecified atom stereocenters. The van der Waals surface area contributed by atoms with Crippen LogP contribution >= 0.6 is 11.8 Å². The van der Waals surface area contributed by atoms with Crippen molar-refractivity contribution in [3.8, 4) is 0 Å². The Morgan fingerprint density at radius 2 is 1.96 bits per heavy atom. The van der Waals surface area contributed by atoms with Crippen LogP contribution in [0.1, 0.15) is 36.2 Å². The van der Waals surface area contributed by atoms with Crippen molar-refractivity contribution in [2.24, 2.45) is 0 Å². The SMILES string of the molecule is CSCCN1CCN(C(=O)c2cccc(CCC(C)(C)O)c2)CC1. The number of aryl methyl sites for hydroxylation is 1. The number of aliphatic hydroxyl groups is 1. The highest BCUT2D eigenvalue weighted by Crippen LogP contribution is 2.16. The van der Waals surface area contributed by atoms with E-state index in [0.29, 0.717) is 6.42 Å². The van der Waals surface area contributed by atoms with Crippen LogP contribution in [0.3, 0.4) is 0 Å². The molecule has 24 heavy (non-hydrogen) atoms. The number of carbonyl (C=O) groups excluding carboxylic acids is 1. The zero-order valence-corrected chi connectivity index (χ0v) is 15.9. The lowest BCUT2D eigenvalue weighted by molar-refractivity contribution is 0.0644. The minimum absolute atomic E-state index is 0.129. The Kier molecular flexibility index (Phi) is 7.14. The Bertz CT molecular complexity index is 534. The summed E-state index contributed by atoms with van der Waals surface area (Å²) < 4.78 is 0. The van der Waals surface area contributed by atoms with E-state index in [-0.39, 0.29) is 5.91 Å². The van der Waals surface area contributed by atoms with Crippen LogP contribution < -0.4 is 0 Å². The summed E-state index contributed by atoms with van der Waals surface area (Å²) in [6, 6.07) is 7.86. The van der Waals surface area contributed by atoms with E-state index in [0.717, 1.165) is 56.0 Å². The van der Waals surface area contributed by atoms with E-state index >= 15 is 0 Å². The summed E-state index contributed by atoms with van der Waals surface area (Å²) >= 11 is 1.87. The van der Waals surface area contributed by atoms with Gasteiger partial charge in [-0.25, -0.2) is 0 Å². The molecule has 1 aromatic rings. The monoisotopic (exact) mass is 350 g/mol. The van der Waals surface area contributed by atoms with Crippen molar-refractivity contribution in [1.29, 1.82) is 0 Å². The molecule has 1 fully saturated rings. The summed E-state index contributed by atoms with van der Waals surface area (Å²) in [4.78, 5) is 17.1. The second-order valence-electron chi connectivity index (χ2n) is 7.14. The molecule has 1 aliphatic heterocycles. The van der Waals surface area contributed by atoms with Crippen LogP contribution in [0.5, 0.6) is 0 Å². The van der Waals surface area contributed by atoms with Crippen molar-refractivity contribution >= 4 is 17.7 Å². The Morgan fingerprint density at radius 3 is 2.58 bits per heavy atom. The smallest absolute Gasteiger partial charge is 0.253 e. The quantitative estimate of drug-likeness (QED) is 0.821. The fourth-order valence-corrected chi connectivity index (χ4v) is 3.33. The molecule has 0 saturated carbocycles. The first-order valence-electron chi connectivity index (χ1n) is 8.71. The third-order valence-electron chi connectivity index (χ3n) is 4.47. The van der Waals surface area contributed by atoms with Crippen LogP contribution in [-0.2, 0) is 6.42 Å². The lowest BCUT2D eigenvalue weighted by Crippen LogP contribution is -2.49. The van der Waals surface area contributed by atoms with Crippen LogP contribution in [-0.4, -0.2) is 71.1 Å². The number of amides is 1. The lowest BCUT2D eigenvalue weighted by Gasteiger charge is -2.34. The molecule has 0 aliphatic carbocycles. The van der Waals surface area contributed by atoms with Gasteiger partial charge in [0.15, 0.2) is 0 Å². The molecule has 0 atom stereocenters. The van der Waals surface area contributed by atoms with Gasteiger partial charge in [-0.2, -0.15) is 11.8 Å². The van der Waals surface area contributed by atoms with Gasteiger partial charge in [0, 0.05) is 44.0 Å². The maximum atomic E-state index is 12.7. The number of benzene rings is 1. The molecule has 1 N–H and O–H groups in total. The Hall–Kier alpha value is -1.04. The fraction of sp³-hybridized carbons (Fsp3) is 0.632. The summed E-state index contributed by atoms with van der Waals surface area (Å²) in [6.45, 7) is 8.28. The Labute approximate surface area is 150 Å². The van der Waals surface area contributed by atoms with Gasteiger partial charge in [-0.15, -0.1) is 0 Å². The first kappa shape index (κ1) is 19.3. The zero-order valence-electron chi connectivity index (χ0n) is 15.1. The number of nitrogens with zero attached hydrogens (tertiary/aromatic N) is 2. The molecular weight excluding hydrogens is 320 g/mol. The standard InChI is InChI=1S/C19H30N2O2S/c1-19(2,23)8-7-16-5-4-6-17(15-16)18(22)21-11-9-20(10-12-21)13-14-24-3/h4-6,15,23H,7-14H2,1-3H3. The summed E-state index contributed by atoms with van der Waals surface area (Å²) in [5.41, 5.74) is 1.20. The van der Waals surface area contributed by atoms with Crippen LogP contribution in [0.25, 0.3) is 0 Å². The Morgan fingerprint density at radius 1 is 1.25 bits per heavy atom. The molecule has 0 spiro atoms. The average Bonchev–Trinajstić information content (AvgIpc) is 2.57. The van der Waals surface area contributed by atoms with E-state index in [1.54, 1.807) is 0 Å². The van der Waals surface area contributed by atoms with Gasteiger partial charge in [0.1, 0.15) is 0 Å². The number of carbonyl (C=O) groups is 1. The number of piperazine rings is 1. The first-order valence-corrected chi connectivity index (χ1v) is 10.1. The van der Waals surface area contributed by atoms with Crippen LogP contribution in [0.4, 0.5) is 0 Å². The highest BCUT2D eigenvalue weighted by molar-refractivity contribution is 7.98. The van der Waals surface area contributed by atoms with Gasteiger partial charge in [0.05, 0.1) is 5.60 Å². The molecule has 134 valence electrons.